The van der Waals surface area contributed by atoms with Crippen molar-refractivity contribution in [2.24, 2.45) is 0 Å². The summed E-state index contributed by atoms with van der Waals surface area (Å²) in [5.41, 5.74) is 3.82. The van der Waals surface area contributed by atoms with E-state index in [2.05, 4.69) is 4.90 Å². The van der Waals surface area contributed by atoms with Gasteiger partial charge in [0.05, 0.1) is 6.10 Å². The summed E-state index contributed by atoms with van der Waals surface area (Å²) in [6, 6.07) is 15.7. The number of aliphatic hydroxyl groups excluding tert-OH is 1. The predicted octanol–water partition coefficient (Wildman–Crippen LogP) is 3.23. The monoisotopic (exact) mass is 324 g/mol. The van der Waals surface area contributed by atoms with Gasteiger partial charge in [-0.3, -0.25) is 4.79 Å². The second-order valence-electron chi connectivity index (χ2n) is 6.47. The molecule has 2 aromatic rings. The van der Waals surface area contributed by atoms with Crippen LogP contribution in [0.2, 0.25) is 0 Å². The molecule has 0 aliphatic carbocycles. The van der Waals surface area contributed by atoms with Gasteiger partial charge < -0.3 is 14.9 Å². The fraction of sp³-hybridized carbons (Fsp3) is 0.350. The van der Waals surface area contributed by atoms with Gasteiger partial charge in [-0.15, -0.1) is 0 Å². The molecule has 0 atom stereocenters. The molecule has 1 aliphatic rings. The Morgan fingerprint density at radius 2 is 1.79 bits per heavy atom. The van der Waals surface area contributed by atoms with Crippen molar-refractivity contribution in [2.45, 2.75) is 25.9 Å². The Morgan fingerprint density at radius 1 is 1.12 bits per heavy atom. The fourth-order valence-electron chi connectivity index (χ4n) is 3.09. The zero-order valence-corrected chi connectivity index (χ0v) is 14.3. The van der Waals surface area contributed by atoms with Crippen LogP contribution in [0.15, 0.2) is 48.5 Å². The number of carbonyl (C=O) groups excluding carboxylic acids is 1. The van der Waals surface area contributed by atoms with Crippen LogP contribution in [0.3, 0.4) is 0 Å². The van der Waals surface area contributed by atoms with Crippen molar-refractivity contribution in [1.29, 1.82) is 0 Å². The molecule has 0 unspecified atom stereocenters. The van der Waals surface area contributed by atoms with E-state index in [1.54, 1.807) is 11.9 Å². The minimum Gasteiger partial charge on any atom is -0.393 e. The predicted molar refractivity (Wildman–Crippen MR) is 97.8 cm³/mol. The van der Waals surface area contributed by atoms with Gasteiger partial charge in [0.15, 0.2) is 0 Å². The van der Waals surface area contributed by atoms with Crippen LogP contribution in [0.5, 0.6) is 0 Å². The molecule has 24 heavy (non-hydrogen) atoms. The summed E-state index contributed by atoms with van der Waals surface area (Å²) in [4.78, 5) is 16.6. The first kappa shape index (κ1) is 16.5. The lowest BCUT2D eigenvalue weighted by molar-refractivity contribution is 0.0993. The molecule has 1 heterocycles. The summed E-state index contributed by atoms with van der Waals surface area (Å²) < 4.78 is 0. The van der Waals surface area contributed by atoms with E-state index in [4.69, 9.17) is 0 Å². The fourth-order valence-corrected chi connectivity index (χ4v) is 3.09. The number of aryl methyl sites for hydroxylation is 1. The van der Waals surface area contributed by atoms with Crippen molar-refractivity contribution < 1.29 is 9.90 Å². The van der Waals surface area contributed by atoms with Crippen LogP contribution in [0.1, 0.15) is 28.8 Å². The smallest absolute Gasteiger partial charge is 0.258 e. The summed E-state index contributed by atoms with van der Waals surface area (Å²) >= 11 is 0. The van der Waals surface area contributed by atoms with Gasteiger partial charge in [-0.1, -0.05) is 12.1 Å². The van der Waals surface area contributed by atoms with Gasteiger partial charge in [0.2, 0.25) is 0 Å². The molecular weight excluding hydrogens is 300 g/mol. The Morgan fingerprint density at radius 3 is 2.42 bits per heavy atom. The minimum absolute atomic E-state index is 0.0128. The third-order valence-corrected chi connectivity index (χ3v) is 4.64. The highest BCUT2D eigenvalue weighted by Gasteiger charge is 2.18. The molecule has 0 bridgehead atoms. The van der Waals surface area contributed by atoms with Crippen LogP contribution in [-0.4, -0.2) is 37.3 Å². The maximum Gasteiger partial charge on any atom is 0.258 e. The topological polar surface area (TPSA) is 43.8 Å². The van der Waals surface area contributed by atoms with Crippen molar-refractivity contribution in [3.8, 4) is 0 Å². The molecule has 1 amide bonds. The van der Waals surface area contributed by atoms with E-state index in [1.165, 1.54) is 0 Å². The third-order valence-electron chi connectivity index (χ3n) is 4.64. The van der Waals surface area contributed by atoms with Crippen molar-refractivity contribution >= 4 is 17.3 Å². The molecule has 4 nitrogen and oxygen atoms in total. The number of hydrogen-bond acceptors (Lipinski definition) is 3. The molecular formula is C20H24N2O2. The zero-order valence-electron chi connectivity index (χ0n) is 14.3. The van der Waals surface area contributed by atoms with Gasteiger partial charge >= 0.3 is 0 Å². The van der Waals surface area contributed by atoms with E-state index < -0.39 is 0 Å². The van der Waals surface area contributed by atoms with Crippen LogP contribution in [0.4, 0.5) is 11.4 Å². The lowest BCUT2D eigenvalue weighted by atomic mass is 10.1. The number of amides is 1. The van der Waals surface area contributed by atoms with Gasteiger partial charge in [-0.05, 0) is 61.7 Å². The number of piperidine rings is 1. The molecule has 2 aromatic carbocycles. The van der Waals surface area contributed by atoms with E-state index in [-0.39, 0.29) is 12.0 Å². The van der Waals surface area contributed by atoms with Gasteiger partial charge in [-0.25, -0.2) is 0 Å². The van der Waals surface area contributed by atoms with Crippen LogP contribution < -0.4 is 9.80 Å². The normalized spacial score (nSPS) is 15.4. The molecule has 3 rings (SSSR count). The molecule has 0 saturated carbocycles. The summed E-state index contributed by atoms with van der Waals surface area (Å²) in [6.45, 7) is 3.74. The summed E-state index contributed by atoms with van der Waals surface area (Å²) in [6.07, 6.45) is 1.43. The van der Waals surface area contributed by atoms with E-state index in [0.717, 1.165) is 42.9 Å². The number of anilines is 2. The third kappa shape index (κ3) is 3.60. The highest BCUT2D eigenvalue weighted by molar-refractivity contribution is 6.05. The van der Waals surface area contributed by atoms with Crippen molar-refractivity contribution in [3.63, 3.8) is 0 Å². The van der Waals surface area contributed by atoms with Crippen molar-refractivity contribution in [2.75, 3.05) is 29.9 Å². The second-order valence-corrected chi connectivity index (χ2v) is 6.47. The van der Waals surface area contributed by atoms with Crippen molar-refractivity contribution in [3.05, 3.63) is 59.7 Å². The molecule has 1 aliphatic heterocycles. The maximum atomic E-state index is 12.7. The number of rotatable bonds is 3. The van der Waals surface area contributed by atoms with E-state index in [0.29, 0.717) is 5.56 Å². The average molecular weight is 324 g/mol. The highest BCUT2D eigenvalue weighted by atomic mass is 16.3. The zero-order chi connectivity index (χ0) is 17.1. The van der Waals surface area contributed by atoms with Gasteiger partial charge in [0, 0.05) is 37.1 Å². The first-order chi connectivity index (χ1) is 11.5. The molecule has 4 heteroatoms. The largest absolute Gasteiger partial charge is 0.393 e. The minimum atomic E-state index is -0.176. The molecule has 1 N–H and O–H groups in total. The van der Waals surface area contributed by atoms with E-state index >= 15 is 0 Å². The van der Waals surface area contributed by atoms with E-state index in [9.17, 15) is 9.90 Å². The highest BCUT2D eigenvalue weighted by Crippen LogP contribution is 2.22. The maximum absolute atomic E-state index is 12.7. The summed E-state index contributed by atoms with van der Waals surface area (Å²) in [7, 11) is 1.80. The summed E-state index contributed by atoms with van der Waals surface area (Å²) in [5.74, 6) is -0.0128. The van der Waals surface area contributed by atoms with Crippen LogP contribution >= 0.6 is 0 Å². The average Bonchev–Trinajstić information content (AvgIpc) is 2.61. The SMILES string of the molecule is Cc1cccc(N(C)C(=O)c2ccc(N3CCC(O)CC3)cc2)c1. The Kier molecular flexibility index (Phi) is 4.86. The molecule has 0 radical (unpaired) electrons. The number of benzene rings is 2. The van der Waals surface area contributed by atoms with Crippen LogP contribution in [0.25, 0.3) is 0 Å². The van der Waals surface area contributed by atoms with Gasteiger partial charge in [0.25, 0.3) is 5.91 Å². The standard InChI is InChI=1S/C20H24N2O2/c1-15-4-3-5-18(14-15)21(2)20(24)16-6-8-17(9-7-16)22-12-10-19(23)11-13-22/h3-9,14,19,23H,10-13H2,1-2H3. The Labute approximate surface area is 143 Å². The van der Waals surface area contributed by atoms with Gasteiger partial charge in [-0.2, -0.15) is 0 Å². The Bertz CT molecular complexity index is 704. The lowest BCUT2D eigenvalue weighted by Crippen LogP contribution is -2.35. The van der Waals surface area contributed by atoms with Gasteiger partial charge in [0.1, 0.15) is 0 Å². The van der Waals surface area contributed by atoms with Crippen LogP contribution in [-0.2, 0) is 0 Å². The number of nitrogens with zero attached hydrogens (tertiary/aromatic N) is 2. The van der Waals surface area contributed by atoms with Crippen molar-refractivity contribution in [1.82, 2.24) is 0 Å². The molecule has 1 saturated heterocycles. The van der Waals surface area contributed by atoms with Crippen LogP contribution in [0, 0.1) is 6.92 Å². The summed E-state index contributed by atoms with van der Waals surface area (Å²) in [5, 5.41) is 9.60. The van der Waals surface area contributed by atoms with E-state index in [1.807, 2.05) is 55.5 Å². The molecule has 0 aromatic heterocycles. The Balaban J connectivity index is 1.72. The molecule has 0 spiro atoms. The quantitative estimate of drug-likeness (QED) is 0.943. The second kappa shape index (κ2) is 7.05. The lowest BCUT2D eigenvalue weighted by Gasteiger charge is -2.31. The first-order valence-electron chi connectivity index (χ1n) is 8.42. The molecule has 1 fully saturated rings. The number of carbonyl (C=O) groups is 1. The first-order valence-corrected chi connectivity index (χ1v) is 8.42. The number of aliphatic hydroxyl groups is 1. The Hall–Kier alpha value is -2.33. The molecule has 126 valence electrons. The number of hydrogen-bond donors (Lipinski definition) is 1.